The molecule has 372 valence electrons. The molecule has 62 heavy (non-hydrogen) atoms. The number of nitrogens with zero attached hydrogens (tertiary/aromatic N) is 1. The van der Waals surface area contributed by atoms with Crippen LogP contribution in [0.15, 0.2) is 0 Å². The van der Waals surface area contributed by atoms with Gasteiger partial charge in [-0.1, -0.05) is 258 Å². The van der Waals surface area contributed by atoms with Crippen LogP contribution in [0.3, 0.4) is 0 Å². The Morgan fingerprint density at radius 3 is 1.06 bits per heavy atom. The van der Waals surface area contributed by atoms with Gasteiger partial charge in [0.15, 0.2) is 0 Å². The van der Waals surface area contributed by atoms with E-state index in [1.54, 1.807) is 0 Å². The second-order valence-corrected chi connectivity index (χ2v) is 21.4. The maximum absolute atomic E-state index is 12.8. The Morgan fingerprint density at radius 2 is 0.742 bits per heavy atom. The average molecular weight is 902 g/mol. The van der Waals surface area contributed by atoms with Crippen molar-refractivity contribution in [3.05, 3.63) is 0 Å². The standard InChI is InChI=1S/C53H108NO7P/c1-6-8-10-12-14-16-18-20-22-23-24-25-26-27-28-29-30-31-32-34-36-38-40-42-44-46-53(55)61-52(51-60-62(56,57)59-49-47-54(3,4)5)50-58-48-45-43-41-39-37-35-33-21-19-17-15-13-11-9-7-2/h52H,6-51H2,1-5H3. The SMILES string of the molecule is CCCCCCCCCCCCCCCCCCCCCCCCCCCC(=O)OC(COCCCCCCCCCCCCCCCCC)COP(=O)([O-])OCC[N+](C)(C)C. The van der Waals surface area contributed by atoms with Crippen molar-refractivity contribution in [2.75, 3.05) is 54.1 Å². The number of rotatable bonds is 52. The van der Waals surface area contributed by atoms with Crippen LogP contribution in [-0.2, 0) is 27.9 Å². The molecule has 0 aromatic carbocycles. The van der Waals surface area contributed by atoms with E-state index < -0.39 is 13.9 Å². The number of likely N-dealkylation sites (N-methyl/N-ethyl adjacent to an activating group) is 1. The second-order valence-electron chi connectivity index (χ2n) is 20.0. The van der Waals surface area contributed by atoms with Crippen LogP contribution in [0.4, 0.5) is 0 Å². The molecule has 0 heterocycles. The number of hydrogen-bond donors (Lipinski definition) is 0. The number of carbonyl (C=O) groups is 1. The van der Waals surface area contributed by atoms with Crippen LogP contribution in [0.5, 0.6) is 0 Å². The summed E-state index contributed by atoms with van der Waals surface area (Å²) in [5.74, 6) is -0.324. The van der Waals surface area contributed by atoms with Crippen molar-refractivity contribution >= 4 is 13.8 Å². The molecule has 0 aliphatic heterocycles. The molecule has 0 bridgehead atoms. The van der Waals surface area contributed by atoms with Gasteiger partial charge in [0.05, 0.1) is 34.4 Å². The molecule has 0 radical (unpaired) electrons. The Bertz CT molecular complexity index is 961. The molecule has 0 aliphatic carbocycles. The molecule has 0 aliphatic rings. The largest absolute Gasteiger partial charge is 0.756 e. The molecular weight excluding hydrogens is 794 g/mol. The van der Waals surface area contributed by atoms with Gasteiger partial charge in [-0.2, -0.15) is 0 Å². The molecule has 2 atom stereocenters. The van der Waals surface area contributed by atoms with Crippen LogP contribution in [0.2, 0.25) is 0 Å². The molecule has 0 aromatic heterocycles. The molecule has 8 nitrogen and oxygen atoms in total. The highest BCUT2D eigenvalue weighted by Crippen LogP contribution is 2.38. The number of phosphoric acid groups is 1. The number of phosphoric ester groups is 1. The minimum absolute atomic E-state index is 0.0318. The number of ether oxygens (including phenoxy) is 2. The molecule has 0 aromatic rings. The Morgan fingerprint density at radius 1 is 0.435 bits per heavy atom. The Hall–Kier alpha value is -0.500. The molecule has 0 saturated carbocycles. The molecule has 0 amide bonds. The molecule has 0 saturated heterocycles. The van der Waals surface area contributed by atoms with Crippen LogP contribution in [0.25, 0.3) is 0 Å². The highest BCUT2D eigenvalue weighted by molar-refractivity contribution is 7.45. The van der Waals surface area contributed by atoms with Crippen molar-refractivity contribution in [1.82, 2.24) is 0 Å². The summed E-state index contributed by atoms with van der Waals surface area (Å²) in [5, 5.41) is 0. The first-order valence-electron chi connectivity index (χ1n) is 27.3. The van der Waals surface area contributed by atoms with E-state index in [0.717, 1.165) is 32.1 Å². The fourth-order valence-electron chi connectivity index (χ4n) is 8.20. The quantitative estimate of drug-likeness (QED) is 0.0260. The van der Waals surface area contributed by atoms with Gasteiger partial charge in [-0.05, 0) is 12.8 Å². The van der Waals surface area contributed by atoms with E-state index in [9.17, 15) is 14.3 Å². The predicted molar refractivity (Wildman–Crippen MR) is 264 cm³/mol. The number of hydrogen-bond acceptors (Lipinski definition) is 7. The van der Waals surface area contributed by atoms with Crippen LogP contribution in [0, 0.1) is 0 Å². The molecule has 2 unspecified atom stereocenters. The summed E-state index contributed by atoms with van der Waals surface area (Å²) >= 11 is 0. The zero-order chi connectivity index (χ0) is 45.5. The number of unbranched alkanes of at least 4 members (excludes halogenated alkanes) is 38. The highest BCUT2D eigenvalue weighted by Gasteiger charge is 2.20. The third-order valence-corrected chi connectivity index (χ3v) is 13.4. The lowest BCUT2D eigenvalue weighted by Crippen LogP contribution is -2.37. The third-order valence-electron chi connectivity index (χ3n) is 12.4. The first-order chi connectivity index (χ1) is 30.1. The minimum Gasteiger partial charge on any atom is -0.756 e. The van der Waals surface area contributed by atoms with Crippen molar-refractivity contribution in [3.8, 4) is 0 Å². The molecule has 0 N–H and O–H groups in total. The summed E-state index contributed by atoms with van der Waals surface area (Å²) in [6.45, 7) is 5.50. The molecule has 0 fully saturated rings. The van der Waals surface area contributed by atoms with Gasteiger partial charge < -0.3 is 27.9 Å². The molecule has 0 rings (SSSR count). The predicted octanol–water partition coefficient (Wildman–Crippen LogP) is 16.2. The summed E-state index contributed by atoms with van der Waals surface area (Å²) in [5.41, 5.74) is 0. The van der Waals surface area contributed by atoms with E-state index in [1.807, 2.05) is 21.1 Å². The Balaban J connectivity index is 4.00. The number of esters is 1. The summed E-state index contributed by atoms with van der Waals surface area (Å²) < 4.78 is 34.8. The van der Waals surface area contributed by atoms with Crippen LogP contribution >= 0.6 is 7.82 Å². The van der Waals surface area contributed by atoms with E-state index in [1.165, 1.54) is 225 Å². The second kappa shape index (κ2) is 47.0. The molecule has 9 heteroatoms. The maximum atomic E-state index is 12.8. The Kier molecular flexibility index (Phi) is 46.6. The summed E-state index contributed by atoms with van der Waals surface area (Å²) in [4.78, 5) is 25.2. The summed E-state index contributed by atoms with van der Waals surface area (Å²) in [7, 11) is 1.38. The highest BCUT2D eigenvalue weighted by atomic mass is 31.2. The van der Waals surface area contributed by atoms with Gasteiger partial charge in [0.1, 0.15) is 19.3 Å². The zero-order valence-corrected chi connectivity index (χ0v) is 43.3. The van der Waals surface area contributed by atoms with E-state index in [4.69, 9.17) is 18.5 Å². The van der Waals surface area contributed by atoms with Gasteiger partial charge in [0, 0.05) is 13.0 Å². The Labute approximate surface area is 387 Å². The lowest BCUT2D eigenvalue weighted by atomic mass is 10.0. The van der Waals surface area contributed by atoms with E-state index in [-0.39, 0.29) is 25.8 Å². The summed E-state index contributed by atoms with van der Waals surface area (Å²) in [6.07, 6.45) is 52.8. The fourth-order valence-corrected chi connectivity index (χ4v) is 8.93. The third kappa shape index (κ3) is 50.5. The zero-order valence-electron chi connectivity index (χ0n) is 42.4. The summed E-state index contributed by atoms with van der Waals surface area (Å²) in [6, 6.07) is 0. The van der Waals surface area contributed by atoms with Crippen molar-refractivity contribution in [2.24, 2.45) is 0 Å². The molecule has 0 spiro atoms. The minimum atomic E-state index is -4.52. The van der Waals surface area contributed by atoms with E-state index >= 15 is 0 Å². The van der Waals surface area contributed by atoms with Crippen molar-refractivity contribution in [3.63, 3.8) is 0 Å². The van der Waals surface area contributed by atoms with Crippen LogP contribution in [-0.4, -0.2) is 70.7 Å². The normalized spacial score (nSPS) is 13.5. The topological polar surface area (TPSA) is 94.1 Å². The first kappa shape index (κ1) is 61.5. The lowest BCUT2D eigenvalue weighted by molar-refractivity contribution is -0.870. The molecular formula is C53H108NO7P. The maximum Gasteiger partial charge on any atom is 0.306 e. The fraction of sp³-hybridized carbons (Fsp3) is 0.981. The van der Waals surface area contributed by atoms with E-state index in [0.29, 0.717) is 24.1 Å². The van der Waals surface area contributed by atoms with Crippen molar-refractivity contribution in [1.29, 1.82) is 0 Å². The van der Waals surface area contributed by atoms with E-state index in [2.05, 4.69) is 13.8 Å². The van der Waals surface area contributed by atoms with Crippen LogP contribution < -0.4 is 4.89 Å². The van der Waals surface area contributed by atoms with Gasteiger partial charge in [-0.25, -0.2) is 0 Å². The van der Waals surface area contributed by atoms with Gasteiger partial charge in [0.25, 0.3) is 7.82 Å². The van der Waals surface area contributed by atoms with Gasteiger partial charge >= 0.3 is 5.97 Å². The lowest BCUT2D eigenvalue weighted by Gasteiger charge is -2.28. The smallest absolute Gasteiger partial charge is 0.306 e. The number of quaternary nitrogens is 1. The number of carbonyl (C=O) groups excluding carboxylic acids is 1. The average Bonchev–Trinajstić information content (AvgIpc) is 3.23. The van der Waals surface area contributed by atoms with Crippen LogP contribution in [0.1, 0.15) is 277 Å². The monoisotopic (exact) mass is 902 g/mol. The first-order valence-corrected chi connectivity index (χ1v) is 28.7. The van der Waals surface area contributed by atoms with Gasteiger partial charge in [-0.15, -0.1) is 0 Å². The van der Waals surface area contributed by atoms with Crippen molar-refractivity contribution < 1.29 is 37.3 Å². The van der Waals surface area contributed by atoms with Crippen molar-refractivity contribution in [2.45, 2.75) is 283 Å². The van der Waals surface area contributed by atoms with Gasteiger partial charge in [0.2, 0.25) is 0 Å². The van der Waals surface area contributed by atoms with Gasteiger partial charge in [-0.3, -0.25) is 9.36 Å².